The predicted octanol–water partition coefficient (Wildman–Crippen LogP) is 2.38. The number of aryl methyl sites for hydroxylation is 1. The first-order valence-electron chi connectivity index (χ1n) is 10.7. The molecular weight excluding hydrogens is 356 g/mol. The Morgan fingerprint density at radius 2 is 1.93 bits per heavy atom. The highest BCUT2D eigenvalue weighted by molar-refractivity contribution is 5.73. The van der Waals surface area contributed by atoms with E-state index in [1.54, 1.807) is 0 Å². The minimum atomic E-state index is -0.103. The van der Waals surface area contributed by atoms with Gasteiger partial charge in [-0.3, -0.25) is 4.90 Å². The first kappa shape index (κ1) is 21.1. The Morgan fingerprint density at radius 1 is 1.18 bits per heavy atom. The molecule has 158 valence electrons. The highest BCUT2D eigenvalue weighted by atomic mass is 16.5. The molecule has 1 atom stereocenters. The maximum Gasteiger partial charge on any atom is 0.314 e. The Balaban J connectivity index is 1.38. The monoisotopic (exact) mass is 392 g/mol. The number of rotatable bonds is 8. The van der Waals surface area contributed by atoms with Crippen LogP contribution in [0.25, 0.3) is 0 Å². The summed E-state index contributed by atoms with van der Waals surface area (Å²) < 4.78 is 11.3. The van der Waals surface area contributed by atoms with E-state index in [0.29, 0.717) is 13.1 Å². The van der Waals surface area contributed by atoms with E-state index in [1.165, 1.54) is 25.9 Å². The maximum absolute atomic E-state index is 12.3. The van der Waals surface area contributed by atoms with E-state index in [4.69, 9.17) is 9.15 Å². The van der Waals surface area contributed by atoms with E-state index in [2.05, 4.69) is 27.4 Å². The summed E-state index contributed by atoms with van der Waals surface area (Å²) in [6.45, 7) is 12.1. The van der Waals surface area contributed by atoms with Crippen molar-refractivity contribution < 1.29 is 13.9 Å². The van der Waals surface area contributed by atoms with E-state index in [-0.39, 0.29) is 12.1 Å². The van der Waals surface area contributed by atoms with Crippen molar-refractivity contribution in [3.05, 3.63) is 23.7 Å². The molecule has 0 saturated carbocycles. The van der Waals surface area contributed by atoms with Gasteiger partial charge in [0.25, 0.3) is 0 Å². The number of piperidine rings is 1. The van der Waals surface area contributed by atoms with Gasteiger partial charge in [-0.25, -0.2) is 4.79 Å². The molecule has 7 heteroatoms. The maximum atomic E-state index is 12.3. The molecule has 3 heterocycles. The van der Waals surface area contributed by atoms with Crippen molar-refractivity contribution in [1.82, 2.24) is 20.4 Å². The molecule has 1 unspecified atom stereocenters. The van der Waals surface area contributed by atoms with Gasteiger partial charge in [0.1, 0.15) is 11.5 Å². The number of morpholine rings is 1. The first-order chi connectivity index (χ1) is 13.6. The lowest BCUT2D eigenvalue weighted by Gasteiger charge is -2.33. The van der Waals surface area contributed by atoms with E-state index in [9.17, 15) is 4.79 Å². The Kier molecular flexibility index (Phi) is 8.18. The van der Waals surface area contributed by atoms with Gasteiger partial charge in [0, 0.05) is 26.2 Å². The van der Waals surface area contributed by atoms with Crippen molar-refractivity contribution >= 4 is 6.03 Å². The number of likely N-dealkylation sites (tertiary alicyclic amines) is 1. The van der Waals surface area contributed by atoms with Gasteiger partial charge in [0.15, 0.2) is 0 Å². The van der Waals surface area contributed by atoms with E-state index in [0.717, 1.165) is 56.7 Å². The Labute approximate surface area is 168 Å². The zero-order chi connectivity index (χ0) is 19.8. The van der Waals surface area contributed by atoms with E-state index < -0.39 is 0 Å². The minimum Gasteiger partial charge on any atom is -0.465 e. The fourth-order valence-electron chi connectivity index (χ4n) is 3.97. The van der Waals surface area contributed by atoms with Crippen LogP contribution < -0.4 is 10.6 Å². The van der Waals surface area contributed by atoms with Crippen LogP contribution in [-0.2, 0) is 4.74 Å². The molecule has 28 heavy (non-hydrogen) atoms. The summed E-state index contributed by atoms with van der Waals surface area (Å²) in [5, 5.41) is 6.02. The highest BCUT2D eigenvalue weighted by Gasteiger charge is 2.25. The summed E-state index contributed by atoms with van der Waals surface area (Å²) in [4.78, 5) is 17.1. The molecule has 2 aliphatic rings. The summed E-state index contributed by atoms with van der Waals surface area (Å²) in [5.41, 5.74) is 0. The van der Waals surface area contributed by atoms with Crippen molar-refractivity contribution in [3.8, 4) is 0 Å². The fourth-order valence-corrected chi connectivity index (χ4v) is 3.97. The summed E-state index contributed by atoms with van der Waals surface area (Å²) >= 11 is 0. The molecule has 0 spiro atoms. The minimum absolute atomic E-state index is 0.0405. The zero-order valence-electron chi connectivity index (χ0n) is 17.4. The largest absolute Gasteiger partial charge is 0.465 e. The molecule has 2 amide bonds. The molecule has 2 N–H and O–H groups in total. The fraction of sp³-hybridized carbons (Fsp3) is 0.762. The number of carbonyl (C=O) groups is 1. The van der Waals surface area contributed by atoms with Gasteiger partial charge in [-0.15, -0.1) is 0 Å². The highest BCUT2D eigenvalue weighted by Crippen LogP contribution is 2.23. The number of furan rings is 1. The zero-order valence-corrected chi connectivity index (χ0v) is 17.4. The molecule has 0 aliphatic carbocycles. The van der Waals surface area contributed by atoms with Gasteiger partial charge in [-0.2, -0.15) is 0 Å². The van der Waals surface area contributed by atoms with Crippen molar-refractivity contribution in [1.29, 1.82) is 0 Å². The van der Waals surface area contributed by atoms with Crippen LogP contribution in [0.2, 0.25) is 0 Å². The molecule has 1 aromatic rings. The van der Waals surface area contributed by atoms with Crippen molar-refractivity contribution in [2.24, 2.45) is 5.92 Å². The molecule has 7 nitrogen and oxygen atoms in total. The summed E-state index contributed by atoms with van der Waals surface area (Å²) in [6.07, 6.45) is 3.58. The van der Waals surface area contributed by atoms with Crippen LogP contribution in [0.3, 0.4) is 0 Å². The molecular formula is C21H36N4O3. The van der Waals surface area contributed by atoms with Crippen LogP contribution >= 0.6 is 0 Å². The average molecular weight is 393 g/mol. The summed E-state index contributed by atoms with van der Waals surface area (Å²) in [6, 6.07) is 3.92. The lowest BCUT2D eigenvalue weighted by atomic mass is 9.99. The van der Waals surface area contributed by atoms with Gasteiger partial charge in [0.2, 0.25) is 0 Å². The molecule has 2 aliphatic heterocycles. The smallest absolute Gasteiger partial charge is 0.314 e. The number of ether oxygens (including phenoxy) is 1. The van der Waals surface area contributed by atoms with Crippen molar-refractivity contribution in [2.45, 2.75) is 39.2 Å². The van der Waals surface area contributed by atoms with Crippen LogP contribution in [0.5, 0.6) is 0 Å². The number of nitrogens with zero attached hydrogens (tertiary/aromatic N) is 2. The average Bonchev–Trinajstić information content (AvgIpc) is 3.13. The standard InChI is InChI=1S/C21H36N4O3/c1-17-6-10-24(11-7-17)9-3-8-22-21(26)23-16-19(20-5-4-18(2)28-20)25-12-14-27-15-13-25/h4-5,17,19H,3,6-16H2,1-2H3,(H2,22,23,26). The molecule has 3 rings (SSSR count). The summed E-state index contributed by atoms with van der Waals surface area (Å²) in [7, 11) is 0. The van der Waals surface area contributed by atoms with Crippen molar-refractivity contribution in [2.75, 3.05) is 59.0 Å². The van der Waals surface area contributed by atoms with Crippen LogP contribution in [0.1, 0.15) is 43.7 Å². The SMILES string of the molecule is Cc1ccc(C(CNC(=O)NCCCN2CCC(C)CC2)N2CCOCC2)o1. The van der Waals surface area contributed by atoms with Gasteiger partial charge < -0.3 is 24.7 Å². The second-order valence-electron chi connectivity index (χ2n) is 8.13. The van der Waals surface area contributed by atoms with Crippen LogP contribution in [0.15, 0.2) is 16.5 Å². The third-order valence-corrected chi connectivity index (χ3v) is 5.84. The Hall–Kier alpha value is -1.57. The molecule has 0 radical (unpaired) electrons. The molecule has 0 aromatic carbocycles. The third-order valence-electron chi connectivity index (χ3n) is 5.84. The quantitative estimate of drug-likeness (QED) is 0.665. The van der Waals surface area contributed by atoms with Gasteiger partial charge in [0.05, 0.1) is 19.3 Å². The molecule has 0 bridgehead atoms. The number of amides is 2. The summed E-state index contributed by atoms with van der Waals surface area (Å²) in [5.74, 6) is 2.65. The van der Waals surface area contributed by atoms with Crippen molar-refractivity contribution in [3.63, 3.8) is 0 Å². The molecule has 1 aromatic heterocycles. The topological polar surface area (TPSA) is 70.0 Å². The van der Waals surface area contributed by atoms with E-state index >= 15 is 0 Å². The molecule has 2 fully saturated rings. The Bertz CT molecular complexity index is 592. The van der Waals surface area contributed by atoms with Crippen LogP contribution in [0.4, 0.5) is 4.79 Å². The lowest BCUT2D eigenvalue weighted by molar-refractivity contribution is 0.0121. The predicted molar refractivity (Wildman–Crippen MR) is 109 cm³/mol. The second kappa shape index (κ2) is 10.8. The lowest BCUT2D eigenvalue weighted by Crippen LogP contribution is -2.46. The third kappa shape index (κ3) is 6.50. The number of carbonyl (C=O) groups excluding carboxylic acids is 1. The van der Waals surface area contributed by atoms with E-state index in [1.807, 2.05) is 19.1 Å². The number of urea groups is 1. The Morgan fingerprint density at radius 3 is 2.61 bits per heavy atom. The van der Waals surface area contributed by atoms with Crippen LogP contribution in [-0.4, -0.2) is 74.9 Å². The first-order valence-corrected chi connectivity index (χ1v) is 10.7. The molecule has 2 saturated heterocycles. The number of nitrogens with one attached hydrogen (secondary N) is 2. The second-order valence-corrected chi connectivity index (χ2v) is 8.13. The number of hydrogen-bond donors (Lipinski definition) is 2. The van der Waals surface area contributed by atoms with Gasteiger partial charge in [-0.05, 0) is 63.9 Å². The van der Waals surface area contributed by atoms with Crippen LogP contribution in [0, 0.1) is 12.8 Å². The normalized spacial score (nSPS) is 20.8. The van der Waals surface area contributed by atoms with Gasteiger partial charge in [-0.1, -0.05) is 6.92 Å². The number of hydrogen-bond acceptors (Lipinski definition) is 5. The van der Waals surface area contributed by atoms with Gasteiger partial charge >= 0.3 is 6.03 Å².